The summed E-state index contributed by atoms with van der Waals surface area (Å²) in [6.45, 7) is 6.00. The quantitative estimate of drug-likeness (QED) is 0.577. The van der Waals surface area contributed by atoms with Gasteiger partial charge in [-0.1, -0.05) is 0 Å². The van der Waals surface area contributed by atoms with Crippen molar-refractivity contribution in [2.24, 2.45) is 0 Å². The van der Waals surface area contributed by atoms with E-state index in [4.69, 9.17) is 14.6 Å². The molecule has 0 aromatic rings. The molecule has 0 amide bonds. The van der Waals surface area contributed by atoms with Crippen molar-refractivity contribution in [3.8, 4) is 0 Å². The molecule has 0 aromatic carbocycles. The molecule has 1 N–H and O–H groups in total. The number of carbonyl (C=O) groups excluding carboxylic acids is 1. The highest BCUT2D eigenvalue weighted by Crippen LogP contribution is 2.15. The van der Waals surface area contributed by atoms with Gasteiger partial charge >= 0.3 is 0 Å². The maximum Gasteiger partial charge on any atom is 0.132 e. The number of rotatable bonds is 10. The molecule has 1 aliphatic heterocycles. The van der Waals surface area contributed by atoms with Crippen molar-refractivity contribution in [3.63, 3.8) is 0 Å². The molecule has 1 heterocycles. The highest BCUT2D eigenvalue weighted by atomic mass is 16.5. The van der Waals surface area contributed by atoms with Gasteiger partial charge in [0.15, 0.2) is 0 Å². The number of aliphatic hydroxyl groups is 1. The Kier molecular flexibility index (Phi) is 8.17. The molecular weight excluding hydrogens is 234 g/mol. The van der Waals surface area contributed by atoms with Gasteiger partial charge in [-0.05, 0) is 26.3 Å². The molecule has 0 aliphatic carbocycles. The van der Waals surface area contributed by atoms with Crippen LogP contribution in [0.2, 0.25) is 0 Å². The van der Waals surface area contributed by atoms with E-state index in [1.54, 1.807) is 6.92 Å². The molecular formula is C13H25NO4. The van der Waals surface area contributed by atoms with Gasteiger partial charge in [0.1, 0.15) is 5.78 Å². The summed E-state index contributed by atoms with van der Waals surface area (Å²) in [5.74, 6) is 0.153. The number of nitrogens with zero attached hydrogens (tertiary/aromatic N) is 1. The first-order chi connectivity index (χ1) is 8.74. The van der Waals surface area contributed by atoms with Crippen LogP contribution < -0.4 is 0 Å². The Bertz CT molecular complexity index is 235. The Hall–Kier alpha value is -0.490. The van der Waals surface area contributed by atoms with Crippen LogP contribution in [0.25, 0.3) is 0 Å². The molecule has 0 aromatic heterocycles. The second-order valence-corrected chi connectivity index (χ2v) is 4.69. The summed E-state index contributed by atoms with van der Waals surface area (Å²) in [4.78, 5) is 12.9. The first-order valence-electron chi connectivity index (χ1n) is 6.74. The van der Waals surface area contributed by atoms with E-state index in [1.807, 2.05) is 0 Å². The number of likely N-dealkylation sites (tertiary alicyclic amines) is 1. The van der Waals surface area contributed by atoms with Gasteiger partial charge in [-0.15, -0.1) is 0 Å². The SMILES string of the molecule is CC(=O)CCOCCOCCN1CCC[C@H]1CO. The van der Waals surface area contributed by atoms with E-state index in [0.29, 0.717) is 38.9 Å². The number of aliphatic hydroxyl groups excluding tert-OH is 1. The number of ketones is 1. The average Bonchev–Trinajstić information content (AvgIpc) is 2.79. The number of hydrogen-bond donors (Lipinski definition) is 1. The minimum absolute atomic E-state index is 0.153. The summed E-state index contributed by atoms with van der Waals surface area (Å²) in [6.07, 6.45) is 2.73. The maximum atomic E-state index is 10.6. The van der Waals surface area contributed by atoms with Gasteiger partial charge in [0.25, 0.3) is 0 Å². The van der Waals surface area contributed by atoms with Crippen LogP contribution in [0.3, 0.4) is 0 Å². The monoisotopic (exact) mass is 259 g/mol. The third-order valence-corrected chi connectivity index (χ3v) is 3.20. The minimum Gasteiger partial charge on any atom is -0.395 e. The van der Waals surface area contributed by atoms with Crippen LogP contribution in [0, 0.1) is 0 Å². The highest BCUT2D eigenvalue weighted by Gasteiger charge is 2.22. The van der Waals surface area contributed by atoms with E-state index in [0.717, 1.165) is 19.5 Å². The molecule has 1 rings (SSSR count). The predicted molar refractivity (Wildman–Crippen MR) is 68.6 cm³/mol. The minimum atomic E-state index is 0.153. The topological polar surface area (TPSA) is 59.0 Å². The van der Waals surface area contributed by atoms with E-state index in [-0.39, 0.29) is 12.4 Å². The summed E-state index contributed by atoms with van der Waals surface area (Å²) in [5.41, 5.74) is 0. The zero-order valence-corrected chi connectivity index (χ0v) is 11.3. The van der Waals surface area contributed by atoms with Crippen LogP contribution in [0.5, 0.6) is 0 Å². The van der Waals surface area contributed by atoms with Crippen LogP contribution in [-0.4, -0.2) is 68.0 Å². The van der Waals surface area contributed by atoms with Crippen molar-refractivity contribution in [2.45, 2.75) is 32.2 Å². The molecule has 0 spiro atoms. The Morgan fingerprint density at radius 3 is 2.67 bits per heavy atom. The molecule has 1 fully saturated rings. The normalized spacial score (nSPS) is 20.4. The largest absolute Gasteiger partial charge is 0.395 e. The molecule has 0 unspecified atom stereocenters. The molecule has 5 nitrogen and oxygen atoms in total. The van der Waals surface area contributed by atoms with Crippen LogP contribution in [-0.2, 0) is 14.3 Å². The van der Waals surface area contributed by atoms with Gasteiger partial charge in [-0.25, -0.2) is 0 Å². The summed E-state index contributed by atoms with van der Waals surface area (Å²) in [5, 5.41) is 9.15. The Morgan fingerprint density at radius 1 is 1.28 bits per heavy atom. The van der Waals surface area contributed by atoms with Crippen molar-refractivity contribution >= 4 is 5.78 Å². The Labute approximate surface area is 109 Å². The lowest BCUT2D eigenvalue weighted by molar-refractivity contribution is -0.118. The first-order valence-corrected chi connectivity index (χ1v) is 6.74. The first kappa shape index (κ1) is 15.6. The van der Waals surface area contributed by atoms with E-state index < -0.39 is 0 Å². The van der Waals surface area contributed by atoms with E-state index in [9.17, 15) is 4.79 Å². The fraction of sp³-hybridized carbons (Fsp3) is 0.923. The predicted octanol–water partition coefficient (Wildman–Crippen LogP) is 0.455. The van der Waals surface area contributed by atoms with Gasteiger partial charge in [0, 0.05) is 19.0 Å². The standard InChI is InChI=1S/C13H25NO4/c1-12(16)4-7-17-9-10-18-8-6-14-5-2-3-13(14)11-15/h13,15H,2-11H2,1H3/t13-/m0/s1. The number of ether oxygens (including phenoxy) is 2. The lowest BCUT2D eigenvalue weighted by Gasteiger charge is -2.22. The third-order valence-electron chi connectivity index (χ3n) is 3.20. The molecule has 18 heavy (non-hydrogen) atoms. The van der Waals surface area contributed by atoms with Gasteiger partial charge in [0.2, 0.25) is 0 Å². The highest BCUT2D eigenvalue weighted by molar-refractivity contribution is 5.75. The second kappa shape index (κ2) is 9.44. The lowest BCUT2D eigenvalue weighted by Crippen LogP contribution is -2.35. The van der Waals surface area contributed by atoms with Gasteiger partial charge < -0.3 is 14.6 Å². The van der Waals surface area contributed by atoms with Crippen molar-refractivity contribution < 1.29 is 19.4 Å². The van der Waals surface area contributed by atoms with Crippen LogP contribution >= 0.6 is 0 Å². The van der Waals surface area contributed by atoms with E-state index in [2.05, 4.69) is 4.90 Å². The molecule has 1 aliphatic rings. The average molecular weight is 259 g/mol. The Morgan fingerprint density at radius 2 is 2.00 bits per heavy atom. The van der Waals surface area contributed by atoms with Crippen molar-refractivity contribution in [1.29, 1.82) is 0 Å². The molecule has 0 bridgehead atoms. The molecule has 1 atom stereocenters. The fourth-order valence-electron chi connectivity index (χ4n) is 2.12. The molecule has 5 heteroatoms. The molecule has 0 radical (unpaired) electrons. The third kappa shape index (κ3) is 6.44. The lowest BCUT2D eigenvalue weighted by atomic mass is 10.2. The molecule has 1 saturated heterocycles. The van der Waals surface area contributed by atoms with Crippen molar-refractivity contribution in [2.75, 3.05) is 46.1 Å². The van der Waals surface area contributed by atoms with Gasteiger partial charge in [0.05, 0.1) is 33.0 Å². The van der Waals surface area contributed by atoms with E-state index in [1.165, 1.54) is 6.42 Å². The maximum absolute atomic E-state index is 10.6. The number of carbonyl (C=O) groups is 1. The van der Waals surface area contributed by atoms with Crippen LogP contribution in [0.4, 0.5) is 0 Å². The summed E-state index contributed by atoms with van der Waals surface area (Å²) in [6, 6.07) is 0.320. The van der Waals surface area contributed by atoms with Crippen LogP contribution in [0.1, 0.15) is 26.2 Å². The summed E-state index contributed by atoms with van der Waals surface area (Å²) >= 11 is 0. The van der Waals surface area contributed by atoms with Gasteiger partial charge in [-0.3, -0.25) is 9.69 Å². The molecule has 106 valence electrons. The number of hydrogen-bond acceptors (Lipinski definition) is 5. The second-order valence-electron chi connectivity index (χ2n) is 4.69. The summed E-state index contributed by atoms with van der Waals surface area (Å²) < 4.78 is 10.7. The zero-order valence-electron chi connectivity index (χ0n) is 11.3. The van der Waals surface area contributed by atoms with Crippen molar-refractivity contribution in [3.05, 3.63) is 0 Å². The molecule has 0 saturated carbocycles. The zero-order chi connectivity index (χ0) is 13.2. The van der Waals surface area contributed by atoms with Gasteiger partial charge in [-0.2, -0.15) is 0 Å². The number of Topliss-reactive ketones (excluding diaryl/α,β-unsaturated/α-hetero) is 1. The van der Waals surface area contributed by atoms with Crippen molar-refractivity contribution in [1.82, 2.24) is 4.90 Å². The summed E-state index contributed by atoms with van der Waals surface area (Å²) in [7, 11) is 0. The Balaban J connectivity index is 1.88. The van der Waals surface area contributed by atoms with E-state index >= 15 is 0 Å². The fourth-order valence-corrected chi connectivity index (χ4v) is 2.12. The van der Waals surface area contributed by atoms with Crippen LogP contribution in [0.15, 0.2) is 0 Å². The smallest absolute Gasteiger partial charge is 0.132 e.